The summed E-state index contributed by atoms with van der Waals surface area (Å²) in [6.07, 6.45) is 3.77. The molecule has 0 bridgehead atoms. The number of rotatable bonds is 2. The molecule has 0 unspecified atom stereocenters. The molecule has 1 heterocycles. The van der Waals surface area contributed by atoms with Crippen LogP contribution in [0.1, 0.15) is 24.8 Å². The standard InChI is InChI=1S/C16H19NO2/c18-13-6-4-12-5-7-16(19)15(14(12)10-13)11-17-8-2-1-3-9-17/h4-7,10,18-19H,1-3,8-9,11H2. The maximum absolute atomic E-state index is 10.1. The lowest BCUT2D eigenvalue weighted by Crippen LogP contribution is -2.29. The summed E-state index contributed by atoms with van der Waals surface area (Å²) < 4.78 is 0. The first-order valence-electron chi connectivity index (χ1n) is 6.90. The summed E-state index contributed by atoms with van der Waals surface area (Å²) in [7, 11) is 0. The summed E-state index contributed by atoms with van der Waals surface area (Å²) in [5.74, 6) is 0.571. The Hall–Kier alpha value is -1.74. The molecule has 2 aromatic rings. The third-order valence-corrected chi connectivity index (χ3v) is 3.92. The van der Waals surface area contributed by atoms with Crippen molar-refractivity contribution in [1.82, 2.24) is 4.90 Å². The van der Waals surface area contributed by atoms with Crippen molar-refractivity contribution in [3.8, 4) is 11.5 Å². The van der Waals surface area contributed by atoms with Crippen LogP contribution in [-0.4, -0.2) is 28.2 Å². The van der Waals surface area contributed by atoms with Gasteiger partial charge in [-0.1, -0.05) is 18.6 Å². The molecule has 1 saturated heterocycles. The number of phenolic OH excluding ortho intramolecular Hbond substituents is 2. The summed E-state index contributed by atoms with van der Waals surface area (Å²) in [4.78, 5) is 2.38. The highest BCUT2D eigenvalue weighted by Crippen LogP contribution is 2.31. The van der Waals surface area contributed by atoms with Gasteiger partial charge >= 0.3 is 0 Å². The molecule has 0 spiro atoms. The Kier molecular flexibility index (Phi) is 3.30. The third kappa shape index (κ3) is 2.51. The third-order valence-electron chi connectivity index (χ3n) is 3.92. The van der Waals surface area contributed by atoms with Gasteiger partial charge in [-0.3, -0.25) is 4.90 Å². The van der Waals surface area contributed by atoms with Gasteiger partial charge in [-0.05, 0) is 54.9 Å². The summed E-state index contributed by atoms with van der Waals surface area (Å²) in [6, 6.07) is 8.96. The fourth-order valence-corrected chi connectivity index (χ4v) is 2.87. The maximum Gasteiger partial charge on any atom is 0.120 e. The second kappa shape index (κ2) is 5.10. The van der Waals surface area contributed by atoms with Crippen LogP contribution < -0.4 is 0 Å². The molecule has 3 heteroatoms. The van der Waals surface area contributed by atoms with E-state index in [0.717, 1.165) is 36.0 Å². The molecular weight excluding hydrogens is 238 g/mol. The predicted octanol–water partition coefficient (Wildman–Crippen LogP) is 3.24. The van der Waals surface area contributed by atoms with E-state index < -0.39 is 0 Å². The van der Waals surface area contributed by atoms with E-state index in [1.165, 1.54) is 19.3 Å². The van der Waals surface area contributed by atoms with Crippen molar-refractivity contribution in [2.45, 2.75) is 25.8 Å². The van der Waals surface area contributed by atoms with Crippen LogP contribution in [0.2, 0.25) is 0 Å². The first-order chi connectivity index (χ1) is 9.24. The largest absolute Gasteiger partial charge is 0.508 e. The number of likely N-dealkylation sites (tertiary alicyclic amines) is 1. The number of hydrogen-bond acceptors (Lipinski definition) is 3. The Morgan fingerprint density at radius 3 is 2.47 bits per heavy atom. The Morgan fingerprint density at radius 2 is 1.68 bits per heavy atom. The van der Waals surface area contributed by atoms with Gasteiger partial charge in [-0.15, -0.1) is 0 Å². The average molecular weight is 257 g/mol. The van der Waals surface area contributed by atoms with E-state index in [1.54, 1.807) is 18.2 Å². The predicted molar refractivity (Wildman–Crippen MR) is 76.4 cm³/mol. The first kappa shape index (κ1) is 12.3. The van der Waals surface area contributed by atoms with Gasteiger partial charge in [0, 0.05) is 12.1 Å². The molecule has 2 aromatic carbocycles. The van der Waals surface area contributed by atoms with Crippen LogP contribution in [0.4, 0.5) is 0 Å². The van der Waals surface area contributed by atoms with E-state index in [-0.39, 0.29) is 5.75 Å². The van der Waals surface area contributed by atoms with Crippen molar-refractivity contribution < 1.29 is 10.2 Å². The van der Waals surface area contributed by atoms with E-state index in [4.69, 9.17) is 0 Å². The molecule has 1 fully saturated rings. The molecule has 3 nitrogen and oxygen atoms in total. The highest BCUT2D eigenvalue weighted by atomic mass is 16.3. The van der Waals surface area contributed by atoms with Crippen molar-refractivity contribution in [3.63, 3.8) is 0 Å². The lowest BCUT2D eigenvalue weighted by atomic mass is 10.0. The van der Waals surface area contributed by atoms with Crippen LogP contribution in [0.5, 0.6) is 11.5 Å². The van der Waals surface area contributed by atoms with Crippen LogP contribution in [-0.2, 0) is 6.54 Å². The van der Waals surface area contributed by atoms with Crippen LogP contribution >= 0.6 is 0 Å². The molecule has 0 atom stereocenters. The van der Waals surface area contributed by atoms with Gasteiger partial charge < -0.3 is 10.2 Å². The minimum absolute atomic E-state index is 0.248. The maximum atomic E-state index is 10.1. The van der Waals surface area contributed by atoms with Crippen LogP contribution in [0.25, 0.3) is 10.8 Å². The number of aromatic hydroxyl groups is 2. The van der Waals surface area contributed by atoms with E-state index >= 15 is 0 Å². The normalized spacial score (nSPS) is 16.8. The van der Waals surface area contributed by atoms with Crippen molar-refractivity contribution in [2.24, 2.45) is 0 Å². The van der Waals surface area contributed by atoms with E-state index in [1.807, 2.05) is 12.1 Å². The summed E-state index contributed by atoms with van der Waals surface area (Å²) in [5, 5.41) is 21.8. The van der Waals surface area contributed by atoms with Gasteiger partial charge in [0.15, 0.2) is 0 Å². The highest BCUT2D eigenvalue weighted by molar-refractivity contribution is 5.88. The smallest absolute Gasteiger partial charge is 0.120 e. The Balaban J connectivity index is 2.00. The summed E-state index contributed by atoms with van der Waals surface area (Å²) in [6.45, 7) is 2.94. The number of nitrogens with zero attached hydrogens (tertiary/aromatic N) is 1. The van der Waals surface area contributed by atoms with E-state index in [9.17, 15) is 10.2 Å². The minimum atomic E-state index is 0.248. The SMILES string of the molecule is Oc1ccc2ccc(O)c(CN3CCCCC3)c2c1. The van der Waals surface area contributed by atoms with Crippen molar-refractivity contribution in [2.75, 3.05) is 13.1 Å². The molecule has 100 valence electrons. The highest BCUT2D eigenvalue weighted by Gasteiger charge is 2.15. The molecule has 3 rings (SSSR count). The molecule has 2 N–H and O–H groups in total. The molecule has 0 saturated carbocycles. The monoisotopic (exact) mass is 257 g/mol. The van der Waals surface area contributed by atoms with E-state index in [0.29, 0.717) is 5.75 Å². The molecule has 19 heavy (non-hydrogen) atoms. The van der Waals surface area contributed by atoms with Crippen LogP contribution in [0, 0.1) is 0 Å². The fraction of sp³-hybridized carbons (Fsp3) is 0.375. The Morgan fingerprint density at radius 1 is 0.947 bits per heavy atom. The quantitative estimate of drug-likeness (QED) is 0.868. The first-order valence-corrected chi connectivity index (χ1v) is 6.90. The molecule has 1 aliphatic rings. The van der Waals surface area contributed by atoms with Gasteiger partial charge in [-0.2, -0.15) is 0 Å². The number of fused-ring (bicyclic) bond motifs is 1. The van der Waals surface area contributed by atoms with Gasteiger partial charge in [0.1, 0.15) is 11.5 Å². The fourth-order valence-electron chi connectivity index (χ4n) is 2.87. The van der Waals surface area contributed by atoms with Crippen LogP contribution in [0.15, 0.2) is 30.3 Å². The number of benzene rings is 2. The number of hydrogen-bond donors (Lipinski definition) is 2. The molecule has 0 aliphatic carbocycles. The van der Waals surface area contributed by atoms with Crippen LogP contribution in [0.3, 0.4) is 0 Å². The van der Waals surface area contributed by atoms with Crippen molar-refractivity contribution >= 4 is 10.8 Å². The second-order valence-electron chi connectivity index (χ2n) is 5.31. The zero-order valence-corrected chi connectivity index (χ0v) is 11.0. The zero-order valence-electron chi connectivity index (χ0n) is 11.0. The molecule has 0 aromatic heterocycles. The van der Waals surface area contributed by atoms with Crippen molar-refractivity contribution in [3.05, 3.63) is 35.9 Å². The Bertz CT molecular complexity index is 583. The van der Waals surface area contributed by atoms with Gasteiger partial charge in [0.2, 0.25) is 0 Å². The minimum Gasteiger partial charge on any atom is -0.508 e. The second-order valence-corrected chi connectivity index (χ2v) is 5.31. The Labute approximate surface area is 113 Å². The summed E-state index contributed by atoms with van der Waals surface area (Å²) >= 11 is 0. The van der Waals surface area contributed by atoms with Gasteiger partial charge in [0.25, 0.3) is 0 Å². The van der Waals surface area contributed by atoms with Crippen molar-refractivity contribution in [1.29, 1.82) is 0 Å². The summed E-state index contributed by atoms with van der Waals surface area (Å²) in [5.41, 5.74) is 0.926. The zero-order chi connectivity index (χ0) is 13.2. The number of phenols is 2. The molecule has 1 aliphatic heterocycles. The lowest BCUT2D eigenvalue weighted by molar-refractivity contribution is 0.219. The van der Waals surface area contributed by atoms with E-state index in [2.05, 4.69) is 4.90 Å². The lowest BCUT2D eigenvalue weighted by Gasteiger charge is -2.27. The molecule has 0 radical (unpaired) electrons. The molecule has 0 amide bonds. The average Bonchev–Trinajstić information content (AvgIpc) is 2.43. The van der Waals surface area contributed by atoms with Gasteiger partial charge in [-0.25, -0.2) is 0 Å². The topological polar surface area (TPSA) is 43.7 Å². The molecular formula is C16H19NO2. The number of piperidine rings is 1. The van der Waals surface area contributed by atoms with Gasteiger partial charge in [0.05, 0.1) is 0 Å².